The van der Waals surface area contributed by atoms with Gasteiger partial charge in [-0.05, 0) is 86.8 Å². The number of aldehydes is 1. The van der Waals surface area contributed by atoms with Crippen LogP contribution in [0.15, 0.2) is 36.4 Å². The Morgan fingerprint density at radius 3 is 0.842 bits per heavy atom. The molecule has 2 aliphatic carbocycles. The SMILES string of the molecule is CCCCCCCCCCCCC1(CCCCCCCCCCCC)Oc2cc(-c3cc4c(s3)-c3sc(OC)cc3C(=O)C4(CCCCCCCCCCCC)CCCCCCCCCCCC)sc2-c2sc(-c3cc4c(s3)-c3sc(C=O)cc3C(=O)C4(CCCCCCCCCCCC)CCCCCCCCCCCC)cc21. The van der Waals surface area contributed by atoms with E-state index in [1.165, 1.54) is 390 Å². The number of carbonyl (C=O) groups excluding carboxylic acids is 3. The zero-order chi connectivity index (χ0) is 80.3. The molecule has 0 N–H and O–H groups in total. The van der Waals surface area contributed by atoms with Crippen molar-refractivity contribution in [2.24, 2.45) is 0 Å². The number of rotatable bonds is 70. The largest absolute Gasteiger partial charge is 0.487 e. The van der Waals surface area contributed by atoms with Crippen molar-refractivity contribution in [3.05, 3.63) is 69.1 Å². The van der Waals surface area contributed by atoms with Gasteiger partial charge in [0.05, 0.1) is 47.2 Å². The molecular formula is C103H160O5S6. The average Bonchev–Trinajstić information content (AvgIpc) is 1.56. The maximum absolute atomic E-state index is 16.0. The lowest BCUT2D eigenvalue weighted by atomic mass is 9.65. The monoisotopic (exact) mass is 1670 g/mol. The van der Waals surface area contributed by atoms with Crippen LogP contribution in [0.5, 0.6) is 10.8 Å². The number of methoxy groups -OCH3 is 1. The van der Waals surface area contributed by atoms with Crippen molar-refractivity contribution < 1.29 is 23.9 Å². The lowest BCUT2D eigenvalue weighted by Gasteiger charge is -2.38. The summed E-state index contributed by atoms with van der Waals surface area (Å²) in [5.74, 6) is 1.66. The van der Waals surface area contributed by atoms with Crippen molar-refractivity contribution in [3.63, 3.8) is 0 Å². The third-order valence-electron chi connectivity index (χ3n) is 26.7. The number of thiophene rings is 6. The summed E-state index contributed by atoms with van der Waals surface area (Å²) in [5, 5.41) is 0.832. The summed E-state index contributed by atoms with van der Waals surface area (Å²) in [4.78, 5) is 58.0. The van der Waals surface area contributed by atoms with E-state index in [4.69, 9.17) is 9.47 Å². The van der Waals surface area contributed by atoms with Crippen molar-refractivity contribution in [1.82, 2.24) is 0 Å². The Balaban J connectivity index is 1.11. The van der Waals surface area contributed by atoms with Gasteiger partial charge in [-0.1, -0.05) is 425 Å². The normalized spacial score (nSPS) is 14.3. The van der Waals surface area contributed by atoms with Gasteiger partial charge in [-0.25, -0.2) is 0 Å². The molecule has 638 valence electrons. The molecule has 0 bridgehead atoms. The lowest BCUT2D eigenvalue weighted by Crippen LogP contribution is -2.38. The first kappa shape index (κ1) is 94.7. The fraction of sp³-hybridized carbons (Fsp3) is 0.738. The number of hydrogen-bond donors (Lipinski definition) is 0. The average molecular weight is 1670 g/mol. The molecule has 0 spiro atoms. The molecule has 5 nitrogen and oxygen atoms in total. The lowest BCUT2D eigenvalue weighted by molar-refractivity contribution is 0.0398. The van der Waals surface area contributed by atoms with Crippen LogP contribution in [-0.4, -0.2) is 25.0 Å². The van der Waals surface area contributed by atoms with Crippen LogP contribution >= 0.6 is 68.0 Å². The Labute approximate surface area is 721 Å². The van der Waals surface area contributed by atoms with Gasteiger partial charge in [-0.3, -0.25) is 14.4 Å². The molecule has 0 atom stereocenters. The Morgan fingerprint density at radius 1 is 0.281 bits per heavy atom. The Bertz CT molecular complexity index is 3560. The Kier molecular flexibility index (Phi) is 44.5. The number of unbranched alkanes of at least 4 members (excludes halogenated alkanes) is 54. The standard InChI is InChI=1S/C103H160O5S6/c1-8-14-20-26-32-38-44-50-56-62-68-101(69-63-57-51-45-39-33-27-21-15-9-2)84-76-88(110-95(84)93-82(99(101)105)74-81(80-104)109-93)90-78-86-97(112-90)98-87(108-103(86,72-66-60-54-48-42-36-30-24-18-12-5)73-67-61-55-49-43-37-31-25-19-13-6)79-91(113-98)89-77-85-96(111-89)94-83(75-92(107-7)114-94)100(106)102(85,70-64-58-52-46-40-34-28-22-16-10-3)71-65-59-53-47-41-35-29-23-17-11-4/h74-80H,8-73H2,1-7H3. The molecule has 0 saturated heterocycles. The van der Waals surface area contributed by atoms with Crippen LogP contribution in [0.1, 0.15) is 512 Å². The van der Waals surface area contributed by atoms with Gasteiger partial charge in [0, 0.05) is 53.2 Å². The quantitative estimate of drug-likeness (QED) is 0.0281. The molecule has 0 radical (unpaired) electrons. The summed E-state index contributed by atoms with van der Waals surface area (Å²) in [5.41, 5.74) is 3.92. The van der Waals surface area contributed by atoms with E-state index in [-0.39, 0.29) is 5.78 Å². The zero-order valence-corrected chi connectivity index (χ0v) is 78.6. The summed E-state index contributed by atoms with van der Waals surface area (Å²) in [7, 11) is 1.78. The van der Waals surface area contributed by atoms with Crippen LogP contribution in [0, 0.1) is 0 Å². The first-order valence-corrected chi connectivity index (χ1v) is 53.6. The van der Waals surface area contributed by atoms with E-state index < -0.39 is 16.4 Å². The zero-order valence-electron chi connectivity index (χ0n) is 73.7. The van der Waals surface area contributed by atoms with E-state index in [0.29, 0.717) is 10.7 Å². The highest BCUT2D eigenvalue weighted by molar-refractivity contribution is 7.31. The molecule has 0 fully saturated rings. The van der Waals surface area contributed by atoms with E-state index in [1.807, 2.05) is 51.4 Å². The molecule has 11 heteroatoms. The van der Waals surface area contributed by atoms with Crippen LogP contribution in [-0.2, 0) is 16.4 Å². The molecule has 0 saturated carbocycles. The molecule has 1 aliphatic heterocycles. The van der Waals surface area contributed by atoms with Gasteiger partial charge in [0.1, 0.15) is 11.4 Å². The van der Waals surface area contributed by atoms with Gasteiger partial charge >= 0.3 is 0 Å². The van der Waals surface area contributed by atoms with E-state index in [2.05, 4.69) is 71.9 Å². The van der Waals surface area contributed by atoms with E-state index in [1.54, 1.807) is 29.8 Å². The van der Waals surface area contributed by atoms with Crippen LogP contribution < -0.4 is 9.47 Å². The van der Waals surface area contributed by atoms with Gasteiger partial charge in [0.2, 0.25) is 0 Å². The maximum atomic E-state index is 16.0. The first-order valence-electron chi connectivity index (χ1n) is 48.7. The minimum absolute atomic E-state index is 0.274. The third kappa shape index (κ3) is 27.7. The number of ketones is 2. The number of Topliss-reactive ketones (excluding diaryl/α,β-unsaturated/α-hetero) is 2. The van der Waals surface area contributed by atoms with Crippen LogP contribution in [0.3, 0.4) is 0 Å². The van der Waals surface area contributed by atoms with Crippen LogP contribution in [0.4, 0.5) is 0 Å². The summed E-state index contributed by atoms with van der Waals surface area (Å²) in [6.45, 7) is 13.9. The highest BCUT2D eigenvalue weighted by Gasteiger charge is 2.51. The molecule has 0 amide bonds. The van der Waals surface area contributed by atoms with E-state index in [0.717, 1.165) is 128 Å². The number of fused-ring (bicyclic) bond motifs is 9. The number of ether oxygens (including phenoxy) is 2. The second-order valence-corrected chi connectivity index (χ2v) is 42.2. The highest BCUT2D eigenvalue weighted by atomic mass is 32.1. The minimum Gasteiger partial charge on any atom is -0.487 e. The fourth-order valence-corrected chi connectivity index (χ4v) is 27.1. The Morgan fingerprint density at radius 2 is 0.535 bits per heavy atom. The van der Waals surface area contributed by atoms with Crippen molar-refractivity contribution in [1.29, 1.82) is 0 Å². The molecule has 114 heavy (non-hydrogen) atoms. The molecule has 0 unspecified atom stereocenters. The second-order valence-electron chi connectivity index (χ2n) is 35.9. The minimum atomic E-state index is -0.624. The van der Waals surface area contributed by atoms with Crippen molar-refractivity contribution in [3.8, 4) is 59.6 Å². The van der Waals surface area contributed by atoms with Crippen LogP contribution in [0.25, 0.3) is 48.8 Å². The van der Waals surface area contributed by atoms with Crippen LogP contribution in [0.2, 0.25) is 0 Å². The van der Waals surface area contributed by atoms with Crippen molar-refractivity contribution >= 4 is 85.9 Å². The van der Waals surface area contributed by atoms with Crippen molar-refractivity contribution in [2.45, 2.75) is 482 Å². The molecule has 3 aliphatic rings. The fourth-order valence-electron chi connectivity index (χ4n) is 19.7. The summed E-state index contributed by atoms with van der Waals surface area (Å²) < 4.78 is 14.2. The number of carbonyl (C=O) groups is 3. The molecule has 7 heterocycles. The van der Waals surface area contributed by atoms with Gasteiger partial charge in [-0.15, -0.1) is 56.7 Å². The smallest absolute Gasteiger partial charge is 0.175 e. The van der Waals surface area contributed by atoms with Gasteiger partial charge < -0.3 is 9.47 Å². The van der Waals surface area contributed by atoms with Crippen molar-refractivity contribution in [2.75, 3.05) is 7.11 Å². The molecular weight excluding hydrogens is 1510 g/mol. The number of hydrogen-bond acceptors (Lipinski definition) is 11. The maximum Gasteiger partial charge on any atom is 0.175 e. The molecule has 0 aromatic carbocycles. The van der Waals surface area contributed by atoms with Gasteiger partial charge in [0.15, 0.2) is 22.9 Å². The van der Waals surface area contributed by atoms with Gasteiger partial charge in [-0.2, -0.15) is 0 Å². The predicted molar refractivity (Wildman–Crippen MR) is 506 cm³/mol. The predicted octanol–water partition coefficient (Wildman–Crippen LogP) is 37.5. The van der Waals surface area contributed by atoms with E-state index in [9.17, 15) is 4.79 Å². The highest BCUT2D eigenvalue weighted by Crippen LogP contribution is 2.63. The summed E-state index contributed by atoms with van der Waals surface area (Å²) >= 11 is 11.0. The summed E-state index contributed by atoms with van der Waals surface area (Å²) in [6.07, 6.45) is 83.6. The molecule has 9 rings (SSSR count). The first-order chi connectivity index (χ1) is 56.1. The van der Waals surface area contributed by atoms with E-state index >= 15 is 9.59 Å². The summed E-state index contributed by atoms with van der Waals surface area (Å²) in [6, 6.07) is 14.2. The molecule has 6 aromatic heterocycles. The topological polar surface area (TPSA) is 69.7 Å². The molecule has 6 aromatic rings. The second kappa shape index (κ2) is 53.6. The third-order valence-corrected chi connectivity index (χ3v) is 34.2. The van der Waals surface area contributed by atoms with Gasteiger partial charge in [0.25, 0.3) is 0 Å². The Hall–Kier alpha value is -3.19.